The minimum absolute atomic E-state index is 0.0439. The Kier molecular flexibility index (Phi) is 4.36. The molecule has 2 aliphatic rings. The number of rotatable bonds is 2. The third kappa shape index (κ3) is 3.05. The summed E-state index contributed by atoms with van der Waals surface area (Å²) in [6.45, 7) is 4.53. The van der Waals surface area contributed by atoms with Crippen LogP contribution in [0.1, 0.15) is 53.1 Å². The Bertz CT molecular complexity index is 850. The fraction of sp³-hybridized carbons (Fsp3) is 0.391. The molecule has 0 amide bonds. The van der Waals surface area contributed by atoms with Crippen molar-refractivity contribution in [2.45, 2.75) is 57.7 Å². The second-order valence-electron chi connectivity index (χ2n) is 7.54. The van der Waals surface area contributed by atoms with Gasteiger partial charge in [-0.15, -0.1) is 6.42 Å². The predicted octanol–water partition coefficient (Wildman–Crippen LogP) is 3.81. The Morgan fingerprint density at radius 1 is 1.27 bits per heavy atom. The van der Waals surface area contributed by atoms with Gasteiger partial charge in [0, 0.05) is 17.5 Å². The third-order valence-electron chi connectivity index (χ3n) is 5.37. The average molecular weight is 348 g/mol. The van der Waals surface area contributed by atoms with Crippen LogP contribution in [0.5, 0.6) is 0 Å². The summed E-state index contributed by atoms with van der Waals surface area (Å²) in [5, 5.41) is 10.3. The zero-order valence-electron chi connectivity index (χ0n) is 15.3. The summed E-state index contributed by atoms with van der Waals surface area (Å²) in [6.07, 6.45) is 7.18. The van der Waals surface area contributed by atoms with E-state index in [0.717, 1.165) is 28.7 Å². The molecule has 134 valence electrons. The molecular weight excluding hydrogens is 324 g/mol. The molecule has 3 atom stereocenters. The van der Waals surface area contributed by atoms with Crippen molar-refractivity contribution in [3.63, 3.8) is 0 Å². The number of hydrogen-bond donors (Lipinski definition) is 1. The van der Waals surface area contributed by atoms with Gasteiger partial charge in [0.1, 0.15) is 0 Å². The van der Waals surface area contributed by atoms with Gasteiger partial charge in [-0.05, 0) is 55.5 Å². The second kappa shape index (κ2) is 6.55. The molecule has 0 aromatic heterocycles. The Hall–Kier alpha value is -2.12. The average Bonchev–Trinajstić information content (AvgIpc) is 2.92. The molecule has 0 aliphatic carbocycles. The predicted molar refractivity (Wildman–Crippen MR) is 101 cm³/mol. The molecule has 2 aromatic rings. The molecule has 2 heterocycles. The zero-order valence-corrected chi connectivity index (χ0v) is 15.3. The molecule has 3 heteroatoms. The van der Waals surface area contributed by atoms with E-state index >= 15 is 0 Å². The van der Waals surface area contributed by atoms with Crippen LogP contribution in [-0.2, 0) is 28.3 Å². The van der Waals surface area contributed by atoms with Crippen LogP contribution in [0.25, 0.3) is 0 Å². The molecule has 1 fully saturated rings. The van der Waals surface area contributed by atoms with E-state index in [9.17, 15) is 5.11 Å². The van der Waals surface area contributed by atoms with Crippen molar-refractivity contribution in [3.8, 4) is 12.3 Å². The van der Waals surface area contributed by atoms with Crippen molar-refractivity contribution >= 4 is 0 Å². The third-order valence-corrected chi connectivity index (χ3v) is 5.37. The Morgan fingerprint density at radius 2 is 2.04 bits per heavy atom. The van der Waals surface area contributed by atoms with Gasteiger partial charge in [-0.2, -0.15) is 0 Å². The van der Waals surface area contributed by atoms with Gasteiger partial charge in [0.05, 0.1) is 18.8 Å². The maximum absolute atomic E-state index is 10.3. The largest absolute Gasteiger partial charge is 0.393 e. The lowest BCUT2D eigenvalue weighted by Gasteiger charge is -2.39. The van der Waals surface area contributed by atoms with Crippen molar-refractivity contribution in [1.29, 1.82) is 0 Å². The highest BCUT2D eigenvalue weighted by atomic mass is 16.7. The molecule has 0 saturated carbocycles. The molecule has 1 saturated heterocycles. The van der Waals surface area contributed by atoms with Crippen LogP contribution in [0.4, 0.5) is 0 Å². The van der Waals surface area contributed by atoms with Gasteiger partial charge in [0.25, 0.3) is 0 Å². The van der Waals surface area contributed by atoms with Crippen molar-refractivity contribution in [2.24, 2.45) is 0 Å². The lowest BCUT2D eigenvalue weighted by molar-refractivity contribution is -0.295. The van der Waals surface area contributed by atoms with E-state index < -0.39 is 11.9 Å². The number of aryl methyl sites for hydroxylation is 1. The zero-order chi connectivity index (χ0) is 18.3. The van der Waals surface area contributed by atoms with E-state index in [0.29, 0.717) is 19.4 Å². The van der Waals surface area contributed by atoms with Gasteiger partial charge in [-0.25, -0.2) is 0 Å². The molecular formula is C23H24O3. The van der Waals surface area contributed by atoms with Crippen LogP contribution in [0, 0.1) is 19.3 Å². The van der Waals surface area contributed by atoms with Crippen LogP contribution >= 0.6 is 0 Å². The monoisotopic (exact) mass is 348 g/mol. The van der Waals surface area contributed by atoms with Crippen LogP contribution in [0.15, 0.2) is 36.4 Å². The first-order chi connectivity index (χ1) is 12.5. The summed E-state index contributed by atoms with van der Waals surface area (Å²) < 4.78 is 12.3. The number of ether oxygens (including phenoxy) is 2. The van der Waals surface area contributed by atoms with E-state index in [1.807, 2.05) is 13.0 Å². The highest BCUT2D eigenvalue weighted by Crippen LogP contribution is 2.46. The van der Waals surface area contributed by atoms with Crippen molar-refractivity contribution in [1.82, 2.24) is 0 Å². The summed E-state index contributed by atoms with van der Waals surface area (Å²) >= 11 is 0. The molecule has 2 unspecified atom stereocenters. The molecule has 4 rings (SSSR count). The molecule has 1 spiro atoms. The number of terminal acetylenes is 1. The minimum atomic E-state index is -0.846. The topological polar surface area (TPSA) is 38.7 Å². The standard InChI is InChI=1S/C23H24O3/c1-4-18-11-20-14-25-23(13-21(24)9-16(3)26-23)22(20)12-19(18)10-17-7-5-15(2)6-8-17/h1,5-8,11-12,16,21,24H,9-10,13-14H2,2-3H3/t16?,21?,23-/m1/s1. The number of fused-ring (bicyclic) bond motifs is 2. The summed E-state index contributed by atoms with van der Waals surface area (Å²) in [5.74, 6) is 1.97. The number of aliphatic hydroxyl groups is 1. The van der Waals surface area contributed by atoms with Crippen LogP contribution in [0.3, 0.4) is 0 Å². The summed E-state index contributed by atoms with van der Waals surface area (Å²) in [5.41, 5.74) is 6.53. The van der Waals surface area contributed by atoms with Gasteiger partial charge in [0.2, 0.25) is 0 Å². The first-order valence-corrected chi connectivity index (χ1v) is 9.17. The van der Waals surface area contributed by atoms with Gasteiger partial charge >= 0.3 is 0 Å². The number of aliphatic hydroxyl groups excluding tert-OH is 1. The van der Waals surface area contributed by atoms with Crippen LogP contribution < -0.4 is 0 Å². The lowest BCUT2D eigenvalue weighted by Crippen LogP contribution is -2.43. The molecule has 2 aromatic carbocycles. The first-order valence-electron chi connectivity index (χ1n) is 9.17. The first kappa shape index (κ1) is 17.3. The van der Waals surface area contributed by atoms with Gasteiger partial charge in [0.15, 0.2) is 5.79 Å². The lowest BCUT2D eigenvalue weighted by atomic mass is 9.88. The van der Waals surface area contributed by atoms with Crippen molar-refractivity contribution in [3.05, 3.63) is 69.8 Å². The quantitative estimate of drug-likeness (QED) is 0.839. The normalized spacial score (nSPS) is 27.3. The van der Waals surface area contributed by atoms with E-state index in [-0.39, 0.29) is 6.10 Å². The number of hydrogen-bond acceptors (Lipinski definition) is 3. The van der Waals surface area contributed by atoms with E-state index in [4.69, 9.17) is 15.9 Å². The van der Waals surface area contributed by atoms with Crippen LogP contribution in [0.2, 0.25) is 0 Å². The van der Waals surface area contributed by atoms with Crippen LogP contribution in [-0.4, -0.2) is 17.3 Å². The molecule has 3 nitrogen and oxygen atoms in total. The Labute approximate surface area is 155 Å². The number of benzene rings is 2. The fourth-order valence-corrected chi connectivity index (χ4v) is 4.11. The smallest absolute Gasteiger partial charge is 0.198 e. The summed E-state index contributed by atoms with van der Waals surface area (Å²) in [4.78, 5) is 0. The molecule has 26 heavy (non-hydrogen) atoms. The van der Waals surface area contributed by atoms with Gasteiger partial charge in [-0.3, -0.25) is 0 Å². The highest BCUT2D eigenvalue weighted by Gasteiger charge is 2.47. The molecule has 0 radical (unpaired) electrons. The SMILES string of the molecule is C#Cc1cc2c(cc1Cc1ccc(C)cc1)[C@]1(CC(O)CC(C)O1)OC2. The summed E-state index contributed by atoms with van der Waals surface area (Å²) in [7, 11) is 0. The van der Waals surface area contributed by atoms with Gasteiger partial charge < -0.3 is 14.6 Å². The van der Waals surface area contributed by atoms with E-state index in [1.54, 1.807) is 0 Å². The van der Waals surface area contributed by atoms with E-state index in [2.05, 4.69) is 43.2 Å². The van der Waals surface area contributed by atoms with Gasteiger partial charge in [-0.1, -0.05) is 35.7 Å². The fourth-order valence-electron chi connectivity index (χ4n) is 4.11. The Balaban J connectivity index is 1.74. The molecule has 0 bridgehead atoms. The maximum Gasteiger partial charge on any atom is 0.198 e. The molecule has 2 aliphatic heterocycles. The summed E-state index contributed by atoms with van der Waals surface area (Å²) in [6, 6.07) is 12.7. The van der Waals surface area contributed by atoms with Crippen molar-refractivity contribution < 1.29 is 14.6 Å². The minimum Gasteiger partial charge on any atom is -0.393 e. The molecule has 1 N–H and O–H groups in total. The van der Waals surface area contributed by atoms with Crippen molar-refractivity contribution in [2.75, 3.05) is 0 Å². The van der Waals surface area contributed by atoms with E-state index in [1.165, 1.54) is 11.1 Å². The Morgan fingerprint density at radius 3 is 2.73 bits per heavy atom. The highest BCUT2D eigenvalue weighted by molar-refractivity contribution is 5.50. The maximum atomic E-state index is 10.3. The second-order valence-corrected chi connectivity index (χ2v) is 7.54.